The van der Waals surface area contributed by atoms with Crippen LogP contribution in [0, 0.1) is 0 Å². The molecule has 3 N–H and O–H groups in total. The van der Waals surface area contributed by atoms with Crippen LogP contribution in [-0.2, 0) is 65.4 Å². The monoisotopic (exact) mass is 1470 g/mol. The predicted molar refractivity (Wildman–Crippen MR) is 417 cm³/mol. The van der Waals surface area contributed by atoms with Crippen molar-refractivity contribution < 1.29 is 80.2 Å². The van der Waals surface area contributed by atoms with E-state index in [1.165, 1.54) is 38.5 Å². The molecule has 0 aliphatic carbocycles. The summed E-state index contributed by atoms with van der Waals surface area (Å²) in [4.78, 5) is 72.9. The first-order chi connectivity index (χ1) is 49.7. The van der Waals surface area contributed by atoms with Crippen molar-refractivity contribution in [3.05, 3.63) is 146 Å². The van der Waals surface area contributed by atoms with Crippen LogP contribution in [0.1, 0.15) is 297 Å². The zero-order chi connectivity index (χ0) is 74.6. The van der Waals surface area contributed by atoms with E-state index < -0.39 is 97.5 Å². The van der Waals surface area contributed by atoms with Crippen LogP contribution in [0.25, 0.3) is 0 Å². The van der Waals surface area contributed by atoms with Gasteiger partial charge in [-0.2, -0.15) is 0 Å². The molecule has 19 heteroatoms. The Bertz CT molecular complexity index is 2510. The molecule has 0 aliphatic heterocycles. The van der Waals surface area contributed by atoms with Gasteiger partial charge in [-0.05, 0) is 135 Å². The Labute approximate surface area is 617 Å². The van der Waals surface area contributed by atoms with Gasteiger partial charge in [-0.25, -0.2) is 9.13 Å². The molecular formula is C83H138O17P2. The summed E-state index contributed by atoms with van der Waals surface area (Å²) in [6, 6.07) is 0. The zero-order valence-corrected chi connectivity index (χ0v) is 65.3. The molecule has 17 nitrogen and oxygen atoms in total. The minimum atomic E-state index is -5.00. The van der Waals surface area contributed by atoms with Crippen molar-refractivity contribution in [2.24, 2.45) is 0 Å². The number of carbonyl (C=O) groups is 4. The SMILES string of the molecule is CC/C=C\C/C=C\C/C=C\C/C=C\C/C=C\CCCC(=O)OCC(COP(=O)(O)OCC(O)COP(=O)(O)OCC(COC(=O)CCCCCC/C=C\C/C=C\C/C=C\C/C=C\CC)OC(=O)CCCCCCCCCCCCC)OC(=O)CCCCCCCCC/C=C\C/C=C\C/C=C\CC. The highest BCUT2D eigenvalue weighted by Gasteiger charge is 2.30. The third-order valence-electron chi connectivity index (χ3n) is 15.8. The summed E-state index contributed by atoms with van der Waals surface area (Å²) in [6.07, 6.45) is 84.1. The van der Waals surface area contributed by atoms with E-state index in [-0.39, 0.29) is 25.7 Å². The van der Waals surface area contributed by atoms with Gasteiger partial charge in [-0.1, -0.05) is 283 Å². The second-order valence-corrected chi connectivity index (χ2v) is 28.4. The molecule has 0 spiro atoms. The summed E-state index contributed by atoms with van der Waals surface area (Å²) in [5.74, 6) is -2.28. The number of unbranched alkanes of at least 4 members (excludes halogenated alkanes) is 22. The fraction of sp³-hybridized carbons (Fsp3) is 0.663. The molecule has 0 saturated carbocycles. The number of esters is 4. The van der Waals surface area contributed by atoms with Gasteiger partial charge in [-0.15, -0.1) is 0 Å². The van der Waals surface area contributed by atoms with E-state index in [4.69, 9.17) is 37.0 Å². The Morgan fingerprint density at radius 2 is 0.520 bits per heavy atom. The van der Waals surface area contributed by atoms with Gasteiger partial charge in [-0.3, -0.25) is 37.3 Å². The van der Waals surface area contributed by atoms with Crippen LogP contribution in [0.3, 0.4) is 0 Å². The van der Waals surface area contributed by atoms with Gasteiger partial charge in [0.25, 0.3) is 0 Å². The molecule has 0 fully saturated rings. The number of phosphoric acid groups is 2. The highest BCUT2D eigenvalue weighted by molar-refractivity contribution is 7.47. The molecule has 102 heavy (non-hydrogen) atoms. The Hall–Kier alpha value is -5.06. The number of hydrogen-bond donors (Lipinski definition) is 3. The quantitative estimate of drug-likeness (QED) is 0.0169. The van der Waals surface area contributed by atoms with Crippen LogP contribution in [0.4, 0.5) is 0 Å². The van der Waals surface area contributed by atoms with Crippen molar-refractivity contribution in [1.82, 2.24) is 0 Å². The van der Waals surface area contributed by atoms with Crippen LogP contribution in [0.5, 0.6) is 0 Å². The number of ether oxygens (including phenoxy) is 4. The highest BCUT2D eigenvalue weighted by Crippen LogP contribution is 2.45. The minimum Gasteiger partial charge on any atom is -0.462 e. The maximum absolute atomic E-state index is 13.1. The van der Waals surface area contributed by atoms with E-state index in [1.54, 1.807) is 0 Å². The van der Waals surface area contributed by atoms with Gasteiger partial charge in [0.15, 0.2) is 12.2 Å². The van der Waals surface area contributed by atoms with Crippen molar-refractivity contribution in [2.75, 3.05) is 39.6 Å². The summed E-state index contributed by atoms with van der Waals surface area (Å²) in [5, 5.41) is 10.6. The molecule has 0 radical (unpaired) electrons. The van der Waals surface area contributed by atoms with Crippen LogP contribution in [0.15, 0.2) is 146 Å². The minimum absolute atomic E-state index is 0.0672. The van der Waals surface area contributed by atoms with Crippen LogP contribution in [0.2, 0.25) is 0 Å². The Morgan fingerprint density at radius 1 is 0.284 bits per heavy atom. The average molecular weight is 1470 g/mol. The van der Waals surface area contributed by atoms with Crippen LogP contribution in [-0.4, -0.2) is 96.7 Å². The lowest BCUT2D eigenvalue weighted by atomic mass is 10.1. The van der Waals surface area contributed by atoms with Gasteiger partial charge >= 0.3 is 39.5 Å². The summed E-state index contributed by atoms with van der Waals surface area (Å²) >= 11 is 0. The van der Waals surface area contributed by atoms with Gasteiger partial charge in [0.1, 0.15) is 19.3 Å². The Kier molecular flexibility index (Phi) is 70.5. The normalized spacial score (nSPS) is 14.7. The topological polar surface area (TPSA) is 237 Å². The second kappa shape index (κ2) is 74.2. The Morgan fingerprint density at radius 3 is 0.824 bits per heavy atom. The molecule has 0 aromatic carbocycles. The van der Waals surface area contributed by atoms with Gasteiger partial charge in [0.2, 0.25) is 0 Å². The molecule has 0 amide bonds. The summed E-state index contributed by atoms with van der Waals surface area (Å²) in [5.41, 5.74) is 0. The van der Waals surface area contributed by atoms with Crippen molar-refractivity contribution in [3.8, 4) is 0 Å². The van der Waals surface area contributed by atoms with E-state index in [0.717, 1.165) is 173 Å². The Balaban J connectivity index is 5.41. The molecule has 582 valence electrons. The number of carbonyl (C=O) groups excluding carboxylic acids is 4. The number of allylic oxidation sites excluding steroid dienone is 24. The second-order valence-electron chi connectivity index (χ2n) is 25.5. The van der Waals surface area contributed by atoms with Crippen LogP contribution < -0.4 is 0 Å². The van der Waals surface area contributed by atoms with E-state index in [2.05, 4.69) is 161 Å². The van der Waals surface area contributed by atoms with Crippen molar-refractivity contribution in [3.63, 3.8) is 0 Å². The maximum atomic E-state index is 13.1. The van der Waals surface area contributed by atoms with Crippen molar-refractivity contribution in [1.29, 1.82) is 0 Å². The fourth-order valence-electron chi connectivity index (χ4n) is 9.97. The lowest BCUT2D eigenvalue weighted by Crippen LogP contribution is -2.30. The lowest BCUT2D eigenvalue weighted by molar-refractivity contribution is -0.161. The first-order valence-electron chi connectivity index (χ1n) is 39.1. The predicted octanol–water partition coefficient (Wildman–Crippen LogP) is 22.7. The number of aliphatic hydroxyl groups excluding tert-OH is 1. The highest BCUT2D eigenvalue weighted by atomic mass is 31.2. The third-order valence-corrected chi connectivity index (χ3v) is 17.7. The van der Waals surface area contributed by atoms with Crippen molar-refractivity contribution in [2.45, 2.75) is 316 Å². The molecule has 0 bridgehead atoms. The molecule has 0 aromatic heterocycles. The first-order valence-corrected chi connectivity index (χ1v) is 42.1. The van der Waals surface area contributed by atoms with E-state index >= 15 is 0 Å². The summed E-state index contributed by atoms with van der Waals surface area (Å²) in [7, 11) is -9.98. The molecule has 5 atom stereocenters. The number of aliphatic hydroxyl groups is 1. The molecule has 0 aliphatic rings. The number of rotatable bonds is 72. The molecule has 0 aromatic rings. The third kappa shape index (κ3) is 73.3. The maximum Gasteiger partial charge on any atom is 0.472 e. The largest absolute Gasteiger partial charge is 0.472 e. The smallest absolute Gasteiger partial charge is 0.462 e. The molecule has 5 unspecified atom stereocenters. The average Bonchev–Trinajstić information content (AvgIpc) is 0.994. The number of phosphoric ester groups is 2. The van der Waals surface area contributed by atoms with Gasteiger partial charge in [0, 0.05) is 25.7 Å². The summed E-state index contributed by atoms with van der Waals surface area (Å²) < 4.78 is 68.5. The zero-order valence-electron chi connectivity index (χ0n) is 63.5. The fourth-order valence-corrected chi connectivity index (χ4v) is 11.5. The van der Waals surface area contributed by atoms with Gasteiger partial charge in [0.05, 0.1) is 26.4 Å². The lowest BCUT2D eigenvalue weighted by Gasteiger charge is -2.21. The van der Waals surface area contributed by atoms with Gasteiger partial charge < -0.3 is 33.8 Å². The van der Waals surface area contributed by atoms with E-state index in [1.807, 2.05) is 12.2 Å². The molecule has 0 heterocycles. The van der Waals surface area contributed by atoms with E-state index in [9.17, 15) is 43.2 Å². The molecular weight excluding hydrogens is 1330 g/mol. The summed E-state index contributed by atoms with van der Waals surface area (Å²) in [6.45, 7) is 4.43. The standard InChI is InChI=1S/C83H138O17P2/c1-5-9-13-17-21-25-29-32-35-38-41-44-48-51-55-59-63-67-80(85)93-73-78(99-82(87)69-65-61-57-53-47-28-24-20-16-12-8-4)75-97-101(89,90)95-71-77(84)72-96-102(91,92)98-76-79(100-83(88)70-66-62-58-54-50-46-43-40-37-34-31-27-23-19-15-11-7-3)74-94-81(86)68-64-60-56-52-49-45-42-39-36-33-30-26-22-18-14-10-6-2/h9-11,13-15,21-23,25-27,32-37,41-42,44-45,52,56,77-79,84H,5-8,12,16-20,24,28-31,38-40,43,46-51,53-55,57-76H2,1-4H3,(H,89,90)(H,91,92)/b13-9-,14-10-,15-11-,25-21-,26-22-,27-23-,35-32-,36-33-,37-34-,44-41-,45-42-,56-52-. The molecule has 0 rings (SSSR count). The van der Waals surface area contributed by atoms with E-state index in [0.29, 0.717) is 32.1 Å². The van der Waals surface area contributed by atoms with Crippen molar-refractivity contribution >= 4 is 39.5 Å². The first kappa shape index (κ1) is 96.9. The molecule has 0 saturated heterocycles. The number of hydrogen-bond acceptors (Lipinski definition) is 15. The van der Waals surface area contributed by atoms with Crippen LogP contribution >= 0.6 is 15.6 Å².